The van der Waals surface area contributed by atoms with Crippen molar-refractivity contribution in [2.45, 2.75) is 19.4 Å². The van der Waals surface area contributed by atoms with Gasteiger partial charge in [-0.25, -0.2) is 0 Å². The maximum atomic E-state index is 12.5. The number of nitrogens with zero attached hydrogens (tertiary/aromatic N) is 3. The second kappa shape index (κ2) is 7.00. The second-order valence-electron chi connectivity index (χ2n) is 5.95. The fourth-order valence-electron chi connectivity index (χ4n) is 3.17. The van der Waals surface area contributed by atoms with Gasteiger partial charge in [0.25, 0.3) is 0 Å². The highest BCUT2D eigenvalue weighted by atomic mass is 16.2. The van der Waals surface area contributed by atoms with Crippen molar-refractivity contribution in [3.63, 3.8) is 0 Å². The van der Waals surface area contributed by atoms with Crippen molar-refractivity contribution in [2.75, 3.05) is 39.3 Å². The number of carbonyl (C=O) groups is 1. The quantitative estimate of drug-likeness (QED) is 0.890. The minimum absolute atomic E-state index is 0.244. The molecule has 0 aliphatic carbocycles. The van der Waals surface area contributed by atoms with Crippen LogP contribution in [0.15, 0.2) is 24.4 Å². The Morgan fingerprint density at radius 2 is 1.95 bits per heavy atom. The normalized spacial score (nSPS) is 21.4. The molecule has 0 unspecified atom stereocenters. The van der Waals surface area contributed by atoms with E-state index in [0.717, 1.165) is 64.3 Å². The molecule has 5 heteroatoms. The van der Waals surface area contributed by atoms with Crippen LogP contribution in [0, 0.1) is 5.92 Å². The molecule has 21 heavy (non-hydrogen) atoms. The number of piperazine rings is 1. The number of amides is 1. The summed E-state index contributed by atoms with van der Waals surface area (Å²) in [6.07, 6.45) is 3.83. The van der Waals surface area contributed by atoms with E-state index in [-0.39, 0.29) is 5.92 Å². The van der Waals surface area contributed by atoms with Crippen LogP contribution in [-0.4, -0.2) is 60.0 Å². The van der Waals surface area contributed by atoms with Gasteiger partial charge in [0, 0.05) is 44.8 Å². The van der Waals surface area contributed by atoms with Gasteiger partial charge in [-0.15, -0.1) is 0 Å². The molecule has 0 radical (unpaired) electrons. The third kappa shape index (κ3) is 3.80. The molecular formula is C16H24N4O. The lowest BCUT2D eigenvalue weighted by Gasteiger charge is -2.37. The molecule has 2 aliphatic heterocycles. The summed E-state index contributed by atoms with van der Waals surface area (Å²) >= 11 is 0. The largest absolute Gasteiger partial charge is 0.340 e. The minimum atomic E-state index is 0.244. The van der Waals surface area contributed by atoms with Crippen molar-refractivity contribution in [1.29, 1.82) is 0 Å². The fourth-order valence-corrected chi connectivity index (χ4v) is 3.17. The highest BCUT2D eigenvalue weighted by molar-refractivity contribution is 5.79. The highest BCUT2D eigenvalue weighted by Gasteiger charge is 2.28. The molecule has 1 amide bonds. The zero-order chi connectivity index (χ0) is 14.5. The number of nitrogens with one attached hydrogen (secondary N) is 1. The summed E-state index contributed by atoms with van der Waals surface area (Å²) in [5.41, 5.74) is 1.11. The first-order chi connectivity index (χ1) is 10.3. The first-order valence-electron chi connectivity index (χ1n) is 7.95. The first-order valence-corrected chi connectivity index (χ1v) is 7.95. The predicted octanol–water partition coefficient (Wildman–Crippen LogP) is 0.725. The number of pyridine rings is 1. The highest BCUT2D eigenvalue weighted by Crippen LogP contribution is 2.17. The summed E-state index contributed by atoms with van der Waals surface area (Å²) in [5.74, 6) is 0.613. The lowest BCUT2D eigenvalue weighted by Crippen LogP contribution is -2.51. The number of carbonyl (C=O) groups excluding carboxylic acids is 1. The Bertz CT molecular complexity index is 451. The molecule has 1 N–H and O–H groups in total. The molecule has 0 spiro atoms. The van der Waals surface area contributed by atoms with Crippen LogP contribution in [0.1, 0.15) is 18.5 Å². The Hall–Kier alpha value is -1.46. The van der Waals surface area contributed by atoms with E-state index in [1.54, 1.807) is 0 Å². The molecular weight excluding hydrogens is 264 g/mol. The van der Waals surface area contributed by atoms with Gasteiger partial charge in [-0.1, -0.05) is 6.07 Å². The van der Waals surface area contributed by atoms with Gasteiger partial charge < -0.3 is 10.2 Å². The van der Waals surface area contributed by atoms with Gasteiger partial charge in [0.15, 0.2) is 0 Å². The van der Waals surface area contributed by atoms with Gasteiger partial charge in [-0.3, -0.25) is 14.7 Å². The van der Waals surface area contributed by atoms with Crippen LogP contribution in [0.5, 0.6) is 0 Å². The van der Waals surface area contributed by atoms with Gasteiger partial charge >= 0.3 is 0 Å². The number of piperidine rings is 1. The number of hydrogen-bond acceptors (Lipinski definition) is 4. The summed E-state index contributed by atoms with van der Waals surface area (Å²) in [5, 5.41) is 3.32. The van der Waals surface area contributed by atoms with Gasteiger partial charge in [0.05, 0.1) is 5.69 Å². The third-order valence-corrected chi connectivity index (χ3v) is 4.48. The number of rotatable bonds is 3. The topological polar surface area (TPSA) is 48.5 Å². The van der Waals surface area contributed by atoms with E-state index in [2.05, 4.69) is 26.2 Å². The van der Waals surface area contributed by atoms with Crippen molar-refractivity contribution in [3.05, 3.63) is 30.1 Å². The average molecular weight is 288 g/mol. The number of aromatic nitrogens is 1. The Labute approximate surface area is 126 Å². The molecule has 0 bridgehead atoms. The number of hydrogen-bond donors (Lipinski definition) is 1. The molecule has 2 saturated heterocycles. The SMILES string of the molecule is O=C(C1CCNCC1)N1CCN(Cc2ccccn2)CC1. The molecule has 0 aromatic carbocycles. The summed E-state index contributed by atoms with van der Waals surface area (Å²) in [6.45, 7) is 6.47. The maximum absolute atomic E-state index is 12.5. The van der Waals surface area contributed by atoms with E-state index < -0.39 is 0 Å². The minimum Gasteiger partial charge on any atom is -0.340 e. The van der Waals surface area contributed by atoms with Crippen LogP contribution < -0.4 is 5.32 Å². The standard InChI is InChI=1S/C16H24N4O/c21-16(14-4-7-17-8-5-14)20-11-9-19(10-12-20)13-15-3-1-2-6-18-15/h1-3,6,14,17H,4-5,7-13H2. The maximum Gasteiger partial charge on any atom is 0.225 e. The average Bonchev–Trinajstić information content (AvgIpc) is 2.57. The Kier molecular flexibility index (Phi) is 4.83. The lowest BCUT2D eigenvalue weighted by molar-refractivity contribution is -0.138. The van der Waals surface area contributed by atoms with E-state index in [1.165, 1.54) is 0 Å². The van der Waals surface area contributed by atoms with E-state index in [9.17, 15) is 4.79 Å². The van der Waals surface area contributed by atoms with Crippen LogP contribution in [0.2, 0.25) is 0 Å². The molecule has 2 fully saturated rings. The van der Waals surface area contributed by atoms with Crippen LogP contribution in [0.3, 0.4) is 0 Å². The van der Waals surface area contributed by atoms with Gasteiger partial charge in [-0.2, -0.15) is 0 Å². The molecule has 0 saturated carbocycles. The van der Waals surface area contributed by atoms with Crippen molar-refractivity contribution in [2.24, 2.45) is 5.92 Å². The molecule has 5 nitrogen and oxygen atoms in total. The van der Waals surface area contributed by atoms with Crippen molar-refractivity contribution in [3.8, 4) is 0 Å². The molecule has 3 rings (SSSR count). The van der Waals surface area contributed by atoms with E-state index in [4.69, 9.17) is 0 Å². The smallest absolute Gasteiger partial charge is 0.225 e. The fraction of sp³-hybridized carbons (Fsp3) is 0.625. The predicted molar refractivity (Wildman–Crippen MR) is 81.7 cm³/mol. The van der Waals surface area contributed by atoms with Crippen LogP contribution >= 0.6 is 0 Å². The van der Waals surface area contributed by atoms with Crippen molar-refractivity contribution >= 4 is 5.91 Å². The molecule has 0 atom stereocenters. The molecule has 3 heterocycles. The molecule has 1 aromatic heterocycles. The summed E-state index contributed by atoms with van der Waals surface area (Å²) in [4.78, 5) is 21.3. The molecule has 114 valence electrons. The van der Waals surface area contributed by atoms with Crippen LogP contribution in [0.4, 0.5) is 0 Å². The van der Waals surface area contributed by atoms with E-state index >= 15 is 0 Å². The van der Waals surface area contributed by atoms with Crippen molar-refractivity contribution < 1.29 is 4.79 Å². The van der Waals surface area contributed by atoms with Gasteiger partial charge in [-0.05, 0) is 38.1 Å². The zero-order valence-corrected chi connectivity index (χ0v) is 12.5. The van der Waals surface area contributed by atoms with Crippen LogP contribution in [-0.2, 0) is 11.3 Å². The van der Waals surface area contributed by atoms with E-state index in [0.29, 0.717) is 5.91 Å². The first kappa shape index (κ1) is 14.5. The summed E-state index contributed by atoms with van der Waals surface area (Å²) < 4.78 is 0. The van der Waals surface area contributed by atoms with Crippen LogP contribution in [0.25, 0.3) is 0 Å². The molecule has 2 aliphatic rings. The van der Waals surface area contributed by atoms with E-state index in [1.807, 2.05) is 18.3 Å². The Morgan fingerprint density at radius 1 is 1.19 bits per heavy atom. The summed E-state index contributed by atoms with van der Waals surface area (Å²) in [7, 11) is 0. The van der Waals surface area contributed by atoms with Crippen molar-refractivity contribution in [1.82, 2.24) is 20.1 Å². The Morgan fingerprint density at radius 3 is 2.62 bits per heavy atom. The van der Waals surface area contributed by atoms with Gasteiger partial charge in [0.1, 0.15) is 0 Å². The lowest BCUT2D eigenvalue weighted by atomic mass is 9.96. The second-order valence-corrected chi connectivity index (χ2v) is 5.95. The Balaban J connectivity index is 1.47. The monoisotopic (exact) mass is 288 g/mol. The zero-order valence-electron chi connectivity index (χ0n) is 12.5. The third-order valence-electron chi connectivity index (χ3n) is 4.48. The molecule has 1 aromatic rings. The summed E-state index contributed by atoms with van der Waals surface area (Å²) in [6, 6.07) is 6.03. The van der Waals surface area contributed by atoms with Gasteiger partial charge in [0.2, 0.25) is 5.91 Å².